The molecule has 2 aliphatic heterocycles. The van der Waals surface area contributed by atoms with Gasteiger partial charge in [0, 0.05) is 35.8 Å². The largest absolute Gasteiger partial charge is 0.514 e. The molecule has 2 N–H and O–H groups in total. The summed E-state index contributed by atoms with van der Waals surface area (Å²) in [4.78, 5) is 45.7. The van der Waals surface area contributed by atoms with Crippen molar-refractivity contribution in [3.63, 3.8) is 0 Å². The van der Waals surface area contributed by atoms with Crippen LogP contribution in [0.3, 0.4) is 0 Å². The number of nitrogens with one attached hydrogen (secondary N) is 1. The molecule has 1 saturated heterocycles. The molecule has 13 nitrogen and oxygen atoms in total. The van der Waals surface area contributed by atoms with Gasteiger partial charge in [0.25, 0.3) is 0 Å². The average molecular weight is 715 g/mol. The van der Waals surface area contributed by atoms with E-state index in [1.807, 2.05) is 12.1 Å². The summed E-state index contributed by atoms with van der Waals surface area (Å²) in [6.07, 6.45) is 1.07. The summed E-state index contributed by atoms with van der Waals surface area (Å²) in [6, 6.07) is 15.3. The number of aromatic amines is 1. The zero-order valence-corrected chi connectivity index (χ0v) is 29.5. The van der Waals surface area contributed by atoms with Gasteiger partial charge in [-0.2, -0.15) is 0 Å². The third-order valence-electron chi connectivity index (χ3n) is 10.7. The maximum absolute atomic E-state index is 13.6. The molecule has 3 unspecified atom stereocenters. The van der Waals surface area contributed by atoms with Crippen LogP contribution in [0.5, 0.6) is 28.7 Å². The first-order valence-electron chi connectivity index (χ1n) is 17.3. The number of rotatable bonds is 9. The molecule has 5 atom stereocenters. The number of H-pyrrole nitrogens is 1. The number of phenols is 1. The number of hydrogen-bond acceptors (Lipinski definition) is 12. The van der Waals surface area contributed by atoms with E-state index in [1.54, 1.807) is 19.2 Å². The monoisotopic (exact) mass is 714 g/mol. The first-order valence-corrected chi connectivity index (χ1v) is 17.3. The molecule has 3 aromatic carbocycles. The number of ether oxygens (including phenoxy) is 7. The number of carbonyl (C=O) groups excluding carboxylic acids is 3. The summed E-state index contributed by atoms with van der Waals surface area (Å²) in [5.74, 6) is -0.348. The smallest absolute Gasteiger partial charge is 0.508 e. The molecule has 3 heterocycles. The van der Waals surface area contributed by atoms with Crippen LogP contribution in [0.2, 0.25) is 0 Å². The zero-order valence-electron chi connectivity index (χ0n) is 29.5. The van der Waals surface area contributed by atoms with E-state index in [1.165, 1.54) is 62.2 Å². The number of fused-ring (bicyclic) bond motifs is 6. The Bertz CT molecular complexity index is 1960. The van der Waals surface area contributed by atoms with Gasteiger partial charge in [-0.3, -0.25) is 9.69 Å². The summed E-state index contributed by atoms with van der Waals surface area (Å²) in [5.41, 5.74) is 4.25. The highest BCUT2D eigenvalue weighted by Crippen LogP contribution is 2.50. The molecule has 0 bridgehead atoms. The predicted molar refractivity (Wildman–Crippen MR) is 187 cm³/mol. The van der Waals surface area contributed by atoms with E-state index in [9.17, 15) is 19.5 Å². The molecule has 0 amide bonds. The fourth-order valence-corrected chi connectivity index (χ4v) is 8.27. The third-order valence-corrected chi connectivity index (χ3v) is 10.7. The minimum absolute atomic E-state index is 0.0370. The van der Waals surface area contributed by atoms with Gasteiger partial charge in [-0.05, 0) is 85.0 Å². The van der Waals surface area contributed by atoms with Gasteiger partial charge in [-0.15, -0.1) is 0 Å². The fraction of sp³-hybridized carbons (Fsp3) is 0.410. The van der Waals surface area contributed by atoms with Crippen molar-refractivity contribution >= 4 is 29.0 Å². The van der Waals surface area contributed by atoms with Gasteiger partial charge in [0.15, 0.2) is 11.5 Å². The van der Waals surface area contributed by atoms with Crippen LogP contribution in [0.4, 0.5) is 4.79 Å². The van der Waals surface area contributed by atoms with Gasteiger partial charge in [-0.25, -0.2) is 9.59 Å². The van der Waals surface area contributed by atoms with E-state index in [0.717, 1.165) is 37.2 Å². The number of esters is 2. The standard InChI is InChI=1S/C39H42N2O11/c1-46-25-8-9-27-28-10-11-41-19-23-13-26(16-30(38(44)49-4)29(23)18-32(41)35(28)40-31(27)17-25)51-37(43)22-14-33(47-2)36(34(15-22)48-3)52-39(45)50-20-21-6-5-7-24(42)12-21/h5-9,12,14-15,17,23,26,29-30,32,40,42H,10-11,13,16,18-20H2,1-4H3/t23-,26?,29+,30?,32?/m1/s1. The Morgan fingerprint density at radius 1 is 0.923 bits per heavy atom. The lowest BCUT2D eigenvalue weighted by Gasteiger charge is -2.51. The number of nitrogens with zero attached hydrogens (tertiary/aromatic N) is 1. The van der Waals surface area contributed by atoms with Gasteiger partial charge in [0.05, 0.1) is 46.0 Å². The van der Waals surface area contributed by atoms with Crippen LogP contribution in [0.1, 0.15) is 52.5 Å². The van der Waals surface area contributed by atoms with Crippen molar-refractivity contribution in [2.24, 2.45) is 17.8 Å². The van der Waals surface area contributed by atoms with Crippen LogP contribution >= 0.6 is 0 Å². The van der Waals surface area contributed by atoms with Crippen molar-refractivity contribution in [1.29, 1.82) is 0 Å². The Balaban J connectivity index is 1.06. The molecule has 4 aromatic rings. The normalized spacial score (nSPS) is 22.3. The van der Waals surface area contributed by atoms with Gasteiger partial charge < -0.3 is 43.2 Å². The van der Waals surface area contributed by atoms with Crippen molar-refractivity contribution in [2.75, 3.05) is 41.5 Å². The Kier molecular flexibility index (Phi) is 9.87. The van der Waals surface area contributed by atoms with E-state index in [-0.39, 0.29) is 59.0 Å². The minimum atomic E-state index is -1.04. The molecule has 13 heteroatoms. The van der Waals surface area contributed by atoms with Crippen molar-refractivity contribution in [2.45, 2.75) is 44.4 Å². The molecule has 0 radical (unpaired) electrons. The lowest BCUT2D eigenvalue weighted by Crippen LogP contribution is -2.52. The number of aromatic nitrogens is 1. The number of carbonyl (C=O) groups is 3. The molecule has 3 aliphatic rings. The Hall–Kier alpha value is -5.43. The van der Waals surface area contributed by atoms with Gasteiger partial charge in [0.2, 0.25) is 5.75 Å². The molecular weight excluding hydrogens is 672 g/mol. The number of benzene rings is 3. The van der Waals surface area contributed by atoms with Crippen LogP contribution in [0.25, 0.3) is 10.9 Å². The Morgan fingerprint density at radius 3 is 2.42 bits per heavy atom. The average Bonchev–Trinajstić information content (AvgIpc) is 3.54. The Labute approximate surface area is 300 Å². The van der Waals surface area contributed by atoms with E-state index < -0.39 is 24.1 Å². The van der Waals surface area contributed by atoms with Crippen molar-refractivity contribution < 1.29 is 52.6 Å². The number of methoxy groups -OCH3 is 4. The second-order valence-corrected chi connectivity index (χ2v) is 13.5. The summed E-state index contributed by atoms with van der Waals surface area (Å²) < 4.78 is 38.4. The highest BCUT2D eigenvalue weighted by molar-refractivity contribution is 5.91. The topological polar surface area (TPSA) is 155 Å². The molecule has 274 valence electrons. The highest BCUT2D eigenvalue weighted by atomic mass is 16.7. The highest BCUT2D eigenvalue weighted by Gasteiger charge is 2.49. The van der Waals surface area contributed by atoms with Gasteiger partial charge >= 0.3 is 18.1 Å². The SMILES string of the molecule is COC(=O)C1CC(OC(=O)c2cc(OC)c(OC(=O)OCc3cccc(O)c3)c(OC)c2)C[C@@H]2CN3CCc4c([nH]c5cc(OC)ccc45)C3C[C@H]12. The lowest BCUT2D eigenvalue weighted by molar-refractivity contribution is -0.155. The number of phenolic OH excluding ortho intramolecular Hbond substituents is 1. The molecule has 1 aromatic heterocycles. The quantitative estimate of drug-likeness (QED) is 0.119. The number of hydrogen-bond donors (Lipinski definition) is 2. The summed E-state index contributed by atoms with van der Waals surface area (Å²) in [7, 11) is 5.79. The third kappa shape index (κ3) is 6.80. The molecule has 1 aliphatic carbocycles. The number of piperidine rings is 1. The molecule has 2 fully saturated rings. The molecule has 1 saturated carbocycles. The first-order chi connectivity index (χ1) is 25.2. The second-order valence-electron chi connectivity index (χ2n) is 13.5. The number of aromatic hydroxyl groups is 1. The van der Waals surface area contributed by atoms with E-state index in [4.69, 9.17) is 33.2 Å². The molecule has 7 rings (SSSR count). The summed E-state index contributed by atoms with van der Waals surface area (Å²) in [5, 5.41) is 10.9. The summed E-state index contributed by atoms with van der Waals surface area (Å²) in [6.45, 7) is 1.52. The van der Waals surface area contributed by atoms with Gasteiger partial charge in [-0.1, -0.05) is 12.1 Å². The van der Waals surface area contributed by atoms with Crippen LogP contribution in [-0.2, 0) is 32.0 Å². The summed E-state index contributed by atoms with van der Waals surface area (Å²) >= 11 is 0. The van der Waals surface area contributed by atoms with Crippen LogP contribution in [-0.4, -0.2) is 80.7 Å². The lowest BCUT2D eigenvalue weighted by atomic mass is 9.65. The van der Waals surface area contributed by atoms with E-state index in [0.29, 0.717) is 18.4 Å². The van der Waals surface area contributed by atoms with Crippen LogP contribution < -0.4 is 18.9 Å². The van der Waals surface area contributed by atoms with Gasteiger partial charge in [0.1, 0.15) is 24.2 Å². The minimum Gasteiger partial charge on any atom is -0.508 e. The second kappa shape index (κ2) is 14.7. The fourth-order valence-electron chi connectivity index (χ4n) is 8.27. The maximum Gasteiger partial charge on any atom is 0.514 e. The van der Waals surface area contributed by atoms with Crippen LogP contribution in [0.15, 0.2) is 54.6 Å². The molecule has 0 spiro atoms. The zero-order chi connectivity index (χ0) is 36.5. The maximum atomic E-state index is 13.6. The Morgan fingerprint density at radius 2 is 1.71 bits per heavy atom. The first kappa shape index (κ1) is 35.0. The van der Waals surface area contributed by atoms with Crippen molar-refractivity contribution in [1.82, 2.24) is 9.88 Å². The predicted octanol–water partition coefficient (Wildman–Crippen LogP) is 5.96. The van der Waals surface area contributed by atoms with Crippen LogP contribution in [0, 0.1) is 17.8 Å². The van der Waals surface area contributed by atoms with E-state index in [2.05, 4.69) is 16.0 Å². The van der Waals surface area contributed by atoms with Crippen molar-refractivity contribution in [3.05, 3.63) is 77.0 Å². The molecule has 52 heavy (non-hydrogen) atoms. The van der Waals surface area contributed by atoms with Crippen molar-refractivity contribution in [3.8, 4) is 28.7 Å². The molecular formula is C39H42N2O11. The van der Waals surface area contributed by atoms with E-state index >= 15 is 0 Å².